The average Bonchev–Trinajstić information content (AvgIpc) is 2.81. The maximum absolute atomic E-state index is 5.54. The molecule has 0 spiro atoms. The monoisotopic (exact) mass is 234 g/mol. The Labute approximate surface area is 101 Å². The summed E-state index contributed by atoms with van der Waals surface area (Å²) in [6.07, 6.45) is 1.45. The first-order valence-electron chi connectivity index (χ1n) is 5.70. The highest BCUT2D eigenvalue weighted by atomic mass is 16.4. The predicted molar refractivity (Wildman–Crippen MR) is 65.5 cm³/mol. The second-order valence-corrected chi connectivity index (χ2v) is 5.14. The van der Waals surface area contributed by atoms with Crippen molar-refractivity contribution < 1.29 is 8.83 Å². The number of oxazole rings is 1. The molecule has 2 heterocycles. The highest BCUT2D eigenvalue weighted by Crippen LogP contribution is 2.25. The van der Waals surface area contributed by atoms with Crippen LogP contribution in [0.1, 0.15) is 32.2 Å². The lowest BCUT2D eigenvalue weighted by atomic mass is 10.1. The Kier molecular flexibility index (Phi) is 3.07. The highest BCUT2D eigenvalue weighted by Gasteiger charge is 2.16. The molecule has 0 saturated carbocycles. The molecule has 0 fully saturated rings. The van der Waals surface area contributed by atoms with E-state index in [1.807, 2.05) is 19.1 Å². The van der Waals surface area contributed by atoms with Gasteiger partial charge >= 0.3 is 0 Å². The van der Waals surface area contributed by atoms with Crippen LogP contribution in [0.4, 0.5) is 0 Å². The van der Waals surface area contributed by atoms with Gasteiger partial charge in [0, 0.05) is 12.1 Å². The van der Waals surface area contributed by atoms with Crippen molar-refractivity contribution in [2.45, 2.75) is 39.8 Å². The van der Waals surface area contributed by atoms with E-state index >= 15 is 0 Å². The summed E-state index contributed by atoms with van der Waals surface area (Å²) in [5, 5.41) is 3.38. The van der Waals surface area contributed by atoms with E-state index < -0.39 is 0 Å². The molecule has 0 aliphatic heterocycles. The van der Waals surface area contributed by atoms with Crippen LogP contribution >= 0.6 is 0 Å². The fraction of sp³-hybridized carbons (Fsp3) is 0.462. The third kappa shape index (κ3) is 2.97. The van der Waals surface area contributed by atoms with Crippen molar-refractivity contribution in [2.24, 2.45) is 0 Å². The van der Waals surface area contributed by atoms with Gasteiger partial charge in [0.1, 0.15) is 11.5 Å². The van der Waals surface area contributed by atoms with Gasteiger partial charge in [-0.05, 0) is 39.8 Å². The first kappa shape index (κ1) is 11.9. The number of nitrogens with zero attached hydrogens (tertiary/aromatic N) is 1. The Morgan fingerprint density at radius 1 is 1.29 bits per heavy atom. The number of nitrogens with one attached hydrogen (secondary N) is 1. The molecule has 0 aliphatic carbocycles. The second kappa shape index (κ2) is 4.37. The van der Waals surface area contributed by atoms with Gasteiger partial charge in [-0.25, -0.2) is 4.98 Å². The van der Waals surface area contributed by atoms with Gasteiger partial charge in [0.25, 0.3) is 0 Å². The molecule has 0 amide bonds. The van der Waals surface area contributed by atoms with Crippen molar-refractivity contribution in [3.05, 3.63) is 30.0 Å². The summed E-state index contributed by atoms with van der Waals surface area (Å²) in [5.41, 5.74) is 0.921. The van der Waals surface area contributed by atoms with Crippen molar-refractivity contribution >= 4 is 0 Å². The lowest BCUT2D eigenvalue weighted by Crippen LogP contribution is -2.35. The van der Waals surface area contributed by atoms with Crippen molar-refractivity contribution in [2.75, 3.05) is 0 Å². The Bertz CT molecular complexity index is 491. The molecule has 17 heavy (non-hydrogen) atoms. The average molecular weight is 234 g/mol. The van der Waals surface area contributed by atoms with Crippen LogP contribution in [0.5, 0.6) is 0 Å². The van der Waals surface area contributed by atoms with Crippen LogP contribution in [0.15, 0.2) is 27.4 Å². The van der Waals surface area contributed by atoms with Gasteiger partial charge in [0.15, 0.2) is 17.9 Å². The van der Waals surface area contributed by atoms with Gasteiger partial charge in [-0.2, -0.15) is 0 Å². The molecule has 2 aromatic heterocycles. The summed E-state index contributed by atoms with van der Waals surface area (Å²) < 4.78 is 10.9. The van der Waals surface area contributed by atoms with Crippen LogP contribution in [0.25, 0.3) is 11.5 Å². The zero-order valence-corrected chi connectivity index (χ0v) is 10.7. The standard InChI is InChI=1S/C13H18N2O2/c1-9-5-6-11(17-9)12-10(14-8-16-12)7-15-13(2,3)4/h5-6,8,15H,7H2,1-4H3. The van der Waals surface area contributed by atoms with E-state index in [1.165, 1.54) is 6.39 Å². The molecule has 0 aromatic carbocycles. The van der Waals surface area contributed by atoms with Gasteiger partial charge in [0.05, 0.1) is 0 Å². The SMILES string of the molecule is Cc1ccc(-c2ocnc2CNC(C)(C)C)o1. The molecule has 0 unspecified atom stereocenters. The van der Waals surface area contributed by atoms with E-state index in [9.17, 15) is 0 Å². The Hall–Kier alpha value is -1.55. The summed E-state index contributed by atoms with van der Waals surface area (Å²) >= 11 is 0. The van der Waals surface area contributed by atoms with Gasteiger partial charge in [-0.1, -0.05) is 0 Å². The van der Waals surface area contributed by atoms with Gasteiger partial charge in [-0.15, -0.1) is 0 Å². The van der Waals surface area contributed by atoms with Crippen LogP contribution in [0, 0.1) is 6.92 Å². The smallest absolute Gasteiger partial charge is 0.194 e. The molecular weight excluding hydrogens is 216 g/mol. The quantitative estimate of drug-likeness (QED) is 0.886. The number of furan rings is 1. The minimum Gasteiger partial charge on any atom is -0.458 e. The lowest BCUT2D eigenvalue weighted by molar-refractivity contribution is 0.420. The molecule has 4 nitrogen and oxygen atoms in total. The third-order valence-corrected chi connectivity index (χ3v) is 2.39. The van der Waals surface area contributed by atoms with Crippen LogP contribution in [-0.4, -0.2) is 10.5 Å². The van der Waals surface area contributed by atoms with E-state index in [0.29, 0.717) is 12.3 Å². The van der Waals surface area contributed by atoms with Gasteiger partial charge < -0.3 is 14.2 Å². The molecule has 2 aromatic rings. The summed E-state index contributed by atoms with van der Waals surface area (Å²) in [6.45, 7) is 8.92. The molecule has 0 atom stereocenters. The topological polar surface area (TPSA) is 51.2 Å². The second-order valence-electron chi connectivity index (χ2n) is 5.14. The fourth-order valence-corrected chi connectivity index (χ4v) is 1.50. The lowest BCUT2D eigenvalue weighted by Gasteiger charge is -2.19. The van der Waals surface area contributed by atoms with Gasteiger partial charge in [-0.3, -0.25) is 0 Å². The maximum atomic E-state index is 5.54. The molecule has 4 heteroatoms. The number of rotatable bonds is 3. The van der Waals surface area contributed by atoms with Crippen molar-refractivity contribution in [3.63, 3.8) is 0 Å². The van der Waals surface area contributed by atoms with Gasteiger partial charge in [0.2, 0.25) is 0 Å². The van der Waals surface area contributed by atoms with E-state index in [1.54, 1.807) is 0 Å². The number of hydrogen-bond donors (Lipinski definition) is 1. The normalized spacial score (nSPS) is 12.0. The zero-order chi connectivity index (χ0) is 12.5. The molecule has 0 bridgehead atoms. The Balaban J connectivity index is 2.17. The molecule has 1 N–H and O–H groups in total. The minimum absolute atomic E-state index is 0.0509. The number of hydrogen-bond acceptors (Lipinski definition) is 4. The summed E-state index contributed by atoms with van der Waals surface area (Å²) in [7, 11) is 0. The third-order valence-electron chi connectivity index (χ3n) is 2.39. The summed E-state index contributed by atoms with van der Waals surface area (Å²) in [5.74, 6) is 2.30. The van der Waals surface area contributed by atoms with E-state index in [-0.39, 0.29) is 5.54 Å². The number of aryl methyl sites for hydroxylation is 1. The molecule has 92 valence electrons. The molecule has 2 rings (SSSR count). The fourth-order valence-electron chi connectivity index (χ4n) is 1.50. The highest BCUT2D eigenvalue weighted by molar-refractivity contribution is 5.52. The summed E-state index contributed by atoms with van der Waals surface area (Å²) in [6, 6.07) is 3.81. The van der Waals surface area contributed by atoms with Crippen molar-refractivity contribution in [3.8, 4) is 11.5 Å². The molecule has 0 aliphatic rings. The van der Waals surface area contributed by atoms with Crippen molar-refractivity contribution in [1.29, 1.82) is 0 Å². The van der Waals surface area contributed by atoms with Crippen LogP contribution in [-0.2, 0) is 6.54 Å². The molecule has 0 saturated heterocycles. The van der Waals surface area contributed by atoms with Crippen LogP contribution < -0.4 is 5.32 Å². The van der Waals surface area contributed by atoms with Crippen LogP contribution in [0.3, 0.4) is 0 Å². The van der Waals surface area contributed by atoms with Crippen molar-refractivity contribution in [1.82, 2.24) is 10.3 Å². The molecular formula is C13H18N2O2. The predicted octanol–water partition coefficient (Wildman–Crippen LogP) is 3.13. The zero-order valence-electron chi connectivity index (χ0n) is 10.7. The van der Waals surface area contributed by atoms with E-state index in [0.717, 1.165) is 17.2 Å². The largest absolute Gasteiger partial charge is 0.458 e. The molecule has 0 radical (unpaired) electrons. The number of aromatic nitrogens is 1. The summed E-state index contributed by atoms with van der Waals surface area (Å²) in [4.78, 5) is 4.22. The Morgan fingerprint density at radius 2 is 2.06 bits per heavy atom. The maximum Gasteiger partial charge on any atom is 0.194 e. The first-order chi connectivity index (χ1) is 7.96. The van der Waals surface area contributed by atoms with Crippen LogP contribution in [0.2, 0.25) is 0 Å². The van der Waals surface area contributed by atoms with E-state index in [4.69, 9.17) is 8.83 Å². The first-order valence-corrected chi connectivity index (χ1v) is 5.70. The van der Waals surface area contributed by atoms with E-state index in [2.05, 4.69) is 31.1 Å². The minimum atomic E-state index is 0.0509. The Morgan fingerprint density at radius 3 is 2.65 bits per heavy atom.